The van der Waals surface area contributed by atoms with Gasteiger partial charge in [-0.15, -0.1) is 0 Å². The van der Waals surface area contributed by atoms with Gasteiger partial charge < -0.3 is 15.1 Å². The summed E-state index contributed by atoms with van der Waals surface area (Å²) < 4.78 is 1.70. The number of amides is 2. The van der Waals surface area contributed by atoms with Crippen molar-refractivity contribution in [3.8, 4) is 0 Å². The topological polar surface area (TPSA) is 88.8 Å². The third kappa shape index (κ3) is 2.69. The van der Waals surface area contributed by atoms with Crippen molar-refractivity contribution in [2.75, 3.05) is 18.4 Å². The van der Waals surface area contributed by atoms with E-state index in [2.05, 4.69) is 15.6 Å². The molecule has 1 aromatic heterocycles. The summed E-state index contributed by atoms with van der Waals surface area (Å²) in [7, 11) is 1.82. The largest absolute Gasteiger partial charge is 0.379 e. The average molecular weight is 319 g/mol. The van der Waals surface area contributed by atoms with Crippen LogP contribution >= 0.6 is 0 Å². The molecule has 0 radical (unpaired) electrons. The van der Waals surface area contributed by atoms with Gasteiger partial charge in [-0.2, -0.15) is 5.10 Å². The van der Waals surface area contributed by atoms with E-state index in [0.717, 1.165) is 11.4 Å². The second-order valence-electron chi connectivity index (χ2n) is 6.49. The van der Waals surface area contributed by atoms with E-state index < -0.39 is 5.60 Å². The maximum Gasteiger partial charge on any atom is 0.269 e. The molecule has 3 heterocycles. The maximum atomic E-state index is 12.5. The SMILES string of the molecule is CC1=NOC(C)(C(=O)N2CC(C(=O)Nc3cnn(C)c3C)C2)C1. The molecule has 3 rings (SSSR count). The van der Waals surface area contributed by atoms with Crippen molar-refractivity contribution in [1.29, 1.82) is 0 Å². The predicted molar refractivity (Wildman–Crippen MR) is 83.9 cm³/mol. The summed E-state index contributed by atoms with van der Waals surface area (Å²) in [4.78, 5) is 31.6. The number of oxime groups is 1. The third-order valence-corrected chi connectivity index (χ3v) is 4.48. The molecule has 1 unspecified atom stereocenters. The summed E-state index contributed by atoms with van der Waals surface area (Å²) >= 11 is 0. The molecule has 0 bridgehead atoms. The van der Waals surface area contributed by atoms with E-state index in [1.807, 2.05) is 20.9 Å². The van der Waals surface area contributed by atoms with Crippen LogP contribution in [0, 0.1) is 12.8 Å². The molecule has 8 nitrogen and oxygen atoms in total. The van der Waals surface area contributed by atoms with Crippen LogP contribution in [0.3, 0.4) is 0 Å². The number of nitrogens with one attached hydrogen (secondary N) is 1. The molecule has 0 aliphatic carbocycles. The lowest BCUT2D eigenvalue weighted by Gasteiger charge is -2.41. The first-order valence-corrected chi connectivity index (χ1v) is 7.60. The van der Waals surface area contributed by atoms with Crippen molar-refractivity contribution in [2.45, 2.75) is 32.8 Å². The number of hydrogen-bond acceptors (Lipinski definition) is 5. The Bertz CT molecular complexity index is 689. The van der Waals surface area contributed by atoms with Gasteiger partial charge in [-0.25, -0.2) is 0 Å². The first kappa shape index (κ1) is 15.5. The van der Waals surface area contributed by atoms with Gasteiger partial charge in [-0.05, 0) is 20.8 Å². The molecule has 23 heavy (non-hydrogen) atoms. The van der Waals surface area contributed by atoms with Crippen molar-refractivity contribution in [3.63, 3.8) is 0 Å². The maximum absolute atomic E-state index is 12.5. The Morgan fingerprint density at radius 1 is 1.39 bits per heavy atom. The lowest BCUT2D eigenvalue weighted by molar-refractivity contribution is -0.161. The molecule has 124 valence electrons. The van der Waals surface area contributed by atoms with Crippen molar-refractivity contribution in [1.82, 2.24) is 14.7 Å². The number of likely N-dealkylation sites (tertiary alicyclic amines) is 1. The molecule has 0 saturated carbocycles. The molecule has 1 aromatic rings. The van der Waals surface area contributed by atoms with Crippen LogP contribution in [0.25, 0.3) is 0 Å². The van der Waals surface area contributed by atoms with Gasteiger partial charge >= 0.3 is 0 Å². The fourth-order valence-corrected chi connectivity index (χ4v) is 2.85. The second kappa shape index (κ2) is 5.36. The van der Waals surface area contributed by atoms with Gasteiger partial charge in [0.1, 0.15) is 0 Å². The Labute approximate surface area is 134 Å². The first-order chi connectivity index (χ1) is 10.8. The van der Waals surface area contributed by atoms with E-state index in [0.29, 0.717) is 25.2 Å². The monoisotopic (exact) mass is 319 g/mol. The highest BCUT2D eigenvalue weighted by Gasteiger charge is 2.47. The van der Waals surface area contributed by atoms with E-state index in [1.165, 1.54) is 0 Å². The smallest absolute Gasteiger partial charge is 0.269 e. The molecule has 8 heteroatoms. The van der Waals surface area contributed by atoms with Crippen molar-refractivity contribution >= 4 is 23.2 Å². The number of anilines is 1. The third-order valence-electron chi connectivity index (χ3n) is 4.48. The number of aryl methyl sites for hydroxylation is 1. The van der Waals surface area contributed by atoms with Gasteiger partial charge in [0, 0.05) is 26.6 Å². The zero-order valence-corrected chi connectivity index (χ0v) is 13.8. The Morgan fingerprint density at radius 3 is 2.61 bits per heavy atom. The molecule has 2 amide bonds. The number of carbonyl (C=O) groups is 2. The van der Waals surface area contributed by atoms with Crippen molar-refractivity contribution in [3.05, 3.63) is 11.9 Å². The lowest BCUT2D eigenvalue weighted by atomic mass is 9.92. The first-order valence-electron chi connectivity index (χ1n) is 7.60. The van der Waals surface area contributed by atoms with Gasteiger partial charge in [0.2, 0.25) is 11.5 Å². The van der Waals surface area contributed by atoms with Crippen LogP contribution in [-0.2, 0) is 21.5 Å². The number of aromatic nitrogens is 2. The van der Waals surface area contributed by atoms with E-state index in [4.69, 9.17) is 4.84 Å². The fourth-order valence-electron chi connectivity index (χ4n) is 2.85. The summed E-state index contributed by atoms with van der Waals surface area (Å²) in [5.41, 5.74) is 1.48. The molecule has 2 aliphatic heterocycles. The van der Waals surface area contributed by atoms with Crippen LogP contribution in [0.2, 0.25) is 0 Å². The Hall–Kier alpha value is -2.38. The summed E-state index contributed by atoms with van der Waals surface area (Å²) in [5.74, 6) is -0.402. The van der Waals surface area contributed by atoms with Gasteiger partial charge in [0.05, 0.1) is 29.2 Å². The molecule has 1 fully saturated rings. The average Bonchev–Trinajstić information content (AvgIpc) is 2.95. The lowest BCUT2D eigenvalue weighted by Crippen LogP contribution is -2.59. The van der Waals surface area contributed by atoms with Gasteiger partial charge in [-0.3, -0.25) is 14.3 Å². The van der Waals surface area contributed by atoms with Crippen LogP contribution in [0.5, 0.6) is 0 Å². The number of rotatable bonds is 3. The number of carbonyl (C=O) groups excluding carboxylic acids is 2. The predicted octanol–water partition coefficient (Wildman–Crippen LogP) is 0.680. The zero-order valence-electron chi connectivity index (χ0n) is 13.8. The van der Waals surface area contributed by atoms with E-state index >= 15 is 0 Å². The molecule has 1 N–H and O–H groups in total. The Balaban J connectivity index is 1.54. The summed E-state index contributed by atoms with van der Waals surface area (Å²) in [6, 6.07) is 0. The highest BCUT2D eigenvalue weighted by Crippen LogP contribution is 2.29. The normalized spacial score (nSPS) is 24.0. The highest BCUT2D eigenvalue weighted by atomic mass is 16.7. The van der Waals surface area contributed by atoms with Gasteiger partial charge in [0.15, 0.2) is 0 Å². The van der Waals surface area contributed by atoms with Crippen LogP contribution in [0.1, 0.15) is 26.0 Å². The molecule has 0 aromatic carbocycles. The zero-order chi connectivity index (χ0) is 16.8. The van der Waals surface area contributed by atoms with E-state index in [-0.39, 0.29) is 17.7 Å². The van der Waals surface area contributed by atoms with Crippen LogP contribution < -0.4 is 5.32 Å². The summed E-state index contributed by atoms with van der Waals surface area (Å²) in [5, 5.41) is 10.8. The van der Waals surface area contributed by atoms with Crippen molar-refractivity contribution < 1.29 is 14.4 Å². The van der Waals surface area contributed by atoms with Crippen molar-refractivity contribution in [2.24, 2.45) is 18.1 Å². The van der Waals surface area contributed by atoms with Crippen LogP contribution in [-0.4, -0.2) is 50.9 Å². The standard InChI is InChI=1S/C15H21N5O3/c1-9-5-15(3,23-18-9)14(22)20-7-11(8-20)13(21)17-12-6-16-19(4)10(12)2/h6,11H,5,7-8H2,1-4H3,(H,17,21). The summed E-state index contributed by atoms with van der Waals surface area (Å²) in [6.45, 7) is 6.27. The second-order valence-corrected chi connectivity index (χ2v) is 6.49. The minimum absolute atomic E-state index is 0.0879. The minimum atomic E-state index is -0.925. The molecular weight excluding hydrogens is 298 g/mol. The van der Waals surface area contributed by atoms with Crippen LogP contribution in [0.4, 0.5) is 5.69 Å². The highest BCUT2D eigenvalue weighted by molar-refractivity contribution is 5.98. The van der Waals surface area contributed by atoms with Gasteiger partial charge in [-0.1, -0.05) is 5.16 Å². The molecule has 0 spiro atoms. The van der Waals surface area contributed by atoms with Crippen LogP contribution in [0.15, 0.2) is 11.4 Å². The Morgan fingerprint density at radius 2 is 2.09 bits per heavy atom. The van der Waals surface area contributed by atoms with E-state index in [9.17, 15) is 9.59 Å². The fraction of sp³-hybridized carbons (Fsp3) is 0.600. The molecule has 1 saturated heterocycles. The molecule has 2 aliphatic rings. The molecular formula is C15H21N5O3. The minimum Gasteiger partial charge on any atom is -0.379 e. The number of hydrogen-bond donors (Lipinski definition) is 1. The quantitative estimate of drug-likeness (QED) is 0.887. The Kier molecular flexibility index (Phi) is 3.62. The summed E-state index contributed by atoms with van der Waals surface area (Å²) in [6.07, 6.45) is 2.12. The number of nitrogens with zero attached hydrogens (tertiary/aromatic N) is 4. The molecule has 1 atom stereocenters. The van der Waals surface area contributed by atoms with E-state index in [1.54, 1.807) is 22.7 Å². The van der Waals surface area contributed by atoms with Gasteiger partial charge in [0.25, 0.3) is 5.91 Å².